The second kappa shape index (κ2) is 6.68. The van der Waals surface area contributed by atoms with Gasteiger partial charge >= 0.3 is 0 Å². The third-order valence-corrected chi connectivity index (χ3v) is 7.57. The van der Waals surface area contributed by atoms with E-state index < -0.39 is 25.3 Å². The standard InChI is InChI=1S/C15H24N2O4S2/c1-4-10-22(18,19)17-9-5-6-13-11-14(7-8-15(13)17)16-23(20,21)12(2)3/h7-8,11-12,16H,4-6,9-10H2,1-3H3. The Balaban J connectivity index is 2.34. The zero-order chi connectivity index (χ0) is 17.3. The monoisotopic (exact) mass is 360 g/mol. The van der Waals surface area contributed by atoms with Crippen molar-refractivity contribution in [1.29, 1.82) is 0 Å². The summed E-state index contributed by atoms with van der Waals surface area (Å²) in [5, 5.41) is -0.528. The lowest BCUT2D eigenvalue weighted by Gasteiger charge is -2.30. The molecule has 0 atom stereocenters. The topological polar surface area (TPSA) is 83.6 Å². The van der Waals surface area contributed by atoms with E-state index in [1.807, 2.05) is 6.92 Å². The normalized spacial score (nSPS) is 15.6. The summed E-state index contributed by atoms with van der Waals surface area (Å²) in [6, 6.07) is 5.06. The molecule has 0 unspecified atom stereocenters. The summed E-state index contributed by atoms with van der Waals surface area (Å²) in [6.07, 6.45) is 2.04. The Labute approximate surface area is 139 Å². The highest BCUT2D eigenvalue weighted by Gasteiger charge is 2.27. The fourth-order valence-corrected chi connectivity index (χ4v) is 4.88. The van der Waals surface area contributed by atoms with Crippen molar-refractivity contribution in [2.45, 2.75) is 45.3 Å². The number of hydrogen-bond donors (Lipinski definition) is 1. The lowest BCUT2D eigenvalue weighted by atomic mass is 10.0. The first-order valence-electron chi connectivity index (χ1n) is 7.82. The number of benzene rings is 1. The highest BCUT2D eigenvalue weighted by atomic mass is 32.2. The number of sulfonamides is 2. The molecule has 0 radical (unpaired) electrons. The van der Waals surface area contributed by atoms with E-state index in [1.165, 1.54) is 4.31 Å². The van der Waals surface area contributed by atoms with Crippen molar-refractivity contribution in [2.24, 2.45) is 0 Å². The molecule has 6 nitrogen and oxygen atoms in total. The van der Waals surface area contributed by atoms with Crippen LogP contribution in [0.15, 0.2) is 18.2 Å². The molecule has 0 aliphatic carbocycles. The van der Waals surface area contributed by atoms with Crippen LogP contribution in [0.3, 0.4) is 0 Å². The van der Waals surface area contributed by atoms with Gasteiger partial charge in [-0.05, 0) is 56.9 Å². The first-order chi connectivity index (χ1) is 10.7. The molecule has 0 aromatic heterocycles. The van der Waals surface area contributed by atoms with Gasteiger partial charge in [0.25, 0.3) is 0 Å². The second-order valence-electron chi connectivity index (χ2n) is 6.03. The van der Waals surface area contributed by atoms with E-state index >= 15 is 0 Å². The van der Waals surface area contributed by atoms with E-state index in [0.29, 0.717) is 24.3 Å². The van der Waals surface area contributed by atoms with Crippen LogP contribution in [0, 0.1) is 0 Å². The van der Waals surface area contributed by atoms with Crippen LogP contribution < -0.4 is 9.03 Å². The molecule has 23 heavy (non-hydrogen) atoms. The lowest BCUT2D eigenvalue weighted by Crippen LogP contribution is -2.37. The highest BCUT2D eigenvalue weighted by molar-refractivity contribution is 7.93. The van der Waals surface area contributed by atoms with Crippen LogP contribution in [0.4, 0.5) is 11.4 Å². The van der Waals surface area contributed by atoms with Gasteiger partial charge in [-0.15, -0.1) is 0 Å². The summed E-state index contributed by atoms with van der Waals surface area (Å²) in [5.41, 5.74) is 2.00. The Bertz CT molecular complexity index is 771. The highest BCUT2D eigenvalue weighted by Crippen LogP contribution is 2.32. The zero-order valence-electron chi connectivity index (χ0n) is 13.7. The minimum Gasteiger partial charge on any atom is -0.283 e. The number of hydrogen-bond acceptors (Lipinski definition) is 4. The Kier molecular flexibility index (Phi) is 5.25. The molecule has 0 spiro atoms. The first-order valence-corrected chi connectivity index (χ1v) is 11.0. The number of aryl methyl sites for hydroxylation is 1. The minimum atomic E-state index is -3.41. The molecule has 1 heterocycles. The number of nitrogens with zero attached hydrogens (tertiary/aromatic N) is 1. The van der Waals surface area contributed by atoms with E-state index in [-0.39, 0.29) is 5.75 Å². The van der Waals surface area contributed by atoms with Gasteiger partial charge in [0.2, 0.25) is 20.0 Å². The van der Waals surface area contributed by atoms with Gasteiger partial charge in [-0.25, -0.2) is 16.8 Å². The third-order valence-electron chi connectivity index (χ3n) is 3.83. The molecule has 1 aromatic carbocycles. The van der Waals surface area contributed by atoms with E-state index in [1.54, 1.807) is 32.0 Å². The van der Waals surface area contributed by atoms with Crippen molar-refractivity contribution < 1.29 is 16.8 Å². The number of rotatable bonds is 6. The predicted octanol–water partition coefficient (Wildman–Crippen LogP) is 2.33. The van der Waals surface area contributed by atoms with Gasteiger partial charge in [-0.2, -0.15) is 0 Å². The van der Waals surface area contributed by atoms with E-state index in [2.05, 4.69) is 4.72 Å². The van der Waals surface area contributed by atoms with Crippen LogP contribution in [0.25, 0.3) is 0 Å². The van der Waals surface area contributed by atoms with Gasteiger partial charge in [0, 0.05) is 12.2 Å². The second-order valence-corrected chi connectivity index (χ2v) is 10.3. The average Bonchev–Trinajstić information content (AvgIpc) is 2.45. The van der Waals surface area contributed by atoms with E-state index in [4.69, 9.17) is 0 Å². The Morgan fingerprint density at radius 3 is 2.52 bits per heavy atom. The van der Waals surface area contributed by atoms with Crippen LogP contribution in [0.2, 0.25) is 0 Å². The van der Waals surface area contributed by atoms with Gasteiger partial charge in [0.15, 0.2) is 0 Å². The SMILES string of the molecule is CCCS(=O)(=O)N1CCCc2cc(NS(=O)(=O)C(C)C)ccc21. The quantitative estimate of drug-likeness (QED) is 0.844. The molecule has 0 saturated heterocycles. The van der Waals surface area contributed by atoms with Crippen LogP contribution in [0.1, 0.15) is 39.2 Å². The number of fused-ring (bicyclic) bond motifs is 1. The fraction of sp³-hybridized carbons (Fsp3) is 0.600. The van der Waals surface area contributed by atoms with Crippen LogP contribution >= 0.6 is 0 Å². The number of nitrogens with one attached hydrogen (secondary N) is 1. The van der Waals surface area contributed by atoms with Crippen LogP contribution in [-0.2, 0) is 26.5 Å². The largest absolute Gasteiger partial charge is 0.283 e. The first kappa shape index (κ1) is 18.1. The zero-order valence-corrected chi connectivity index (χ0v) is 15.4. The molecule has 0 bridgehead atoms. The van der Waals surface area contributed by atoms with Crippen molar-refractivity contribution in [2.75, 3.05) is 21.3 Å². The Morgan fingerprint density at radius 2 is 1.91 bits per heavy atom. The molecule has 1 aliphatic rings. The van der Waals surface area contributed by atoms with Crippen molar-refractivity contribution in [3.63, 3.8) is 0 Å². The summed E-state index contributed by atoms with van der Waals surface area (Å²) in [7, 11) is -6.72. The maximum absolute atomic E-state index is 12.4. The molecule has 0 saturated carbocycles. The molecule has 1 aliphatic heterocycles. The molecule has 130 valence electrons. The van der Waals surface area contributed by atoms with Crippen LogP contribution in [0.5, 0.6) is 0 Å². The lowest BCUT2D eigenvalue weighted by molar-refractivity contribution is 0.584. The molecule has 0 fully saturated rings. The summed E-state index contributed by atoms with van der Waals surface area (Å²) in [5.74, 6) is 0.119. The maximum Gasteiger partial charge on any atom is 0.235 e. The van der Waals surface area contributed by atoms with Crippen molar-refractivity contribution in [3.8, 4) is 0 Å². The maximum atomic E-state index is 12.4. The fourth-order valence-electron chi connectivity index (χ4n) is 2.57. The molecule has 2 rings (SSSR count). The summed E-state index contributed by atoms with van der Waals surface area (Å²) < 4.78 is 52.7. The van der Waals surface area contributed by atoms with Crippen molar-refractivity contribution >= 4 is 31.4 Å². The molecule has 1 N–H and O–H groups in total. The van der Waals surface area contributed by atoms with Crippen LogP contribution in [-0.4, -0.2) is 34.4 Å². The van der Waals surface area contributed by atoms with Gasteiger partial charge < -0.3 is 0 Å². The predicted molar refractivity (Wildman–Crippen MR) is 93.9 cm³/mol. The molecule has 0 amide bonds. The molecular formula is C15H24N2O4S2. The third kappa shape index (κ3) is 3.98. The average molecular weight is 361 g/mol. The summed E-state index contributed by atoms with van der Waals surface area (Å²) in [6.45, 7) is 5.54. The molecule has 8 heteroatoms. The Hall–Kier alpha value is -1.28. The van der Waals surface area contributed by atoms with Crippen molar-refractivity contribution in [1.82, 2.24) is 0 Å². The van der Waals surface area contributed by atoms with Gasteiger partial charge in [-0.3, -0.25) is 9.03 Å². The van der Waals surface area contributed by atoms with E-state index in [0.717, 1.165) is 18.4 Å². The number of anilines is 2. The Morgan fingerprint density at radius 1 is 1.22 bits per heavy atom. The summed E-state index contributed by atoms with van der Waals surface area (Å²) >= 11 is 0. The molecule has 1 aromatic rings. The van der Waals surface area contributed by atoms with Gasteiger partial charge in [0.1, 0.15) is 0 Å². The van der Waals surface area contributed by atoms with Crippen molar-refractivity contribution in [3.05, 3.63) is 23.8 Å². The van der Waals surface area contributed by atoms with Gasteiger partial charge in [0.05, 0.1) is 16.7 Å². The summed E-state index contributed by atoms with van der Waals surface area (Å²) in [4.78, 5) is 0. The molecular weight excluding hydrogens is 336 g/mol. The van der Waals surface area contributed by atoms with E-state index in [9.17, 15) is 16.8 Å². The van der Waals surface area contributed by atoms with Gasteiger partial charge in [-0.1, -0.05) is 6.92 Å². The smallest absolute Gasteiger partial charge is 0.235 e. The minimum absolute atomic E-state index is 0.119.